The summed E-state index contributed by atoms with van der Waals surface area (Å²) < 4.78 is 4.66. The summed E-state index contributed by atoms with van der Waals surface area (Å²) in [5.41, 5.74) is 8.53. The third kappa shape index (κ3) is 2.72. The van der Waals surface area contributed by atoms with Gasteiger partial charge in [0.1, 0.15) is 0 Å². The van der Waals surface area contributed by atoms with Gasteiger partial charge in [-0.15, -0.1) is 11.3 Å². The highest BCUT2D eigenvalue weighted by molar-refractivity contribution is 7.14. The number of carbonyl (C=O) groups is 2. The number of ether oxygens (including phenoxy) is 1. The van der Waals surface area contributed by atoms with Gasteiger partial charge in [0.2, 0.25) is 6.41 Å². The molecule has 1 aromatic heterocycles. The average molecular weight is 240 g/mol. The molecule has 0 spiro atoms. The first-order valence-electron chi connectivity index (χ1n) is 4.28. The Morgan fingerprint density at radius 2 is 2.56 bits per heavy atom. The molecule has 84 valence electrons. The molecule has 8 heteroatoms. The van der Waals surface area contributed by atoms with Crippen LogP contribution < -0.4 is 5.32 Å². The van der Waals surface area contributed by atoms with E-state index in [2.05, 4.69) is 19.8 Å². The van der Waals surface area contributed by atoms with E-state index in [0.717, 1.165) is 11.3 Å². The number of nitrogens with zero attached hydrogens (tertiary/aromatic N) is 3. The van der Waals surface area contributed by atoms with E-state index < -0.39 is 5.97 Å². The minimum Gasteiger partial charge on any atom is -0.457 e. The smallest absolute Gasteiger partial charge is 0.425 e. The van der Waals surface area contributed by atoms with Crippen molar-refractivity contribution in [1.29, 1.82) is 0 Å². The molecule has 7 nitrogen and oxygen atoms in total. The van der Waals surface area contributed by atoms with E-state index >= 15 is 0 Å². The molecule has 0 aliphatic heterocycles. The number of hydrogen-bond acceptors (Lipinski definition) is 5. The zero-order valence-electron chi connectivity index (χ0n) is 8.34. The van der Waals surface area contributed by atoms with Crippen LogP contribution in [0.25, 0.3) is 5.53 Å². The lowest BCUT2D eigenvalue weighted by atomic mass is 10.3. The quantitative estimate of drug-likeness (QED) is 0.262. The Morgan fingerprint density at radius 3 is 3.12 bits per heavy atom. The van der Waals surface area contributed by atoms with Crippen LogP contribution in [-0.4, -0.2) is 34.5 Å². The van der Waals surface area contributed by atoms with E-state index in [9.17, 15) is 9.59 Å². The van der Waals surface area contributed by atoms with Gasteiger partial charge in [-0.05, 0) is 6.92 Å². The van der Waals surface area contributed by atoms with Gasteiger partial charge in [-0.2, -0.15) is 4.79 Å². The van der Waals surface area contributed by atoms with E-state index in [1.165, 1.54) is 5.38 Å². The van der Waals surface area contributed by atoms with Crippen molar-refractivity contribution in [3.05, 3.63) is 16.6 Å². The molecule has 0 radical (unpaired) electrons. The summed E-state index contributed by atoms with van der Waals surface area (Å²) in [5.74, 6) is -0.770. The second-order valence-corrected chi connectivity index (χ2v) is 3.33. The first-order chi connectivity index (χ1) is 7.72. The summed E-state index contributed by atoms with van der Waals surface area (Å²) >= 11 is 1.10. The second kappa shape index (κ2) is 5.74. The predicted octanol–water partition coefficient (Wildman–Crippen LogP) is 0.293. The summed E-state index contributed by atoms with van der Waals surface area (Å²) in [4.78, 5) is 28.1. The van der Waals surface area contributed by atoms with Crippen molar-refractivity contribution < 1.29 is 19.1 Å². The highest BCUT2D eigenvalue weighted by atomic mass is 32.1. The number of nitrogens with one attached hydrogen (secondary N) is 1. The number of thiazole rings is 1. The Balaban J connectivity index is 2.92. The molecule has 0 aliphatic rings. The standard InChI is InChI=1S/C8H8N4O3S/c1-2-15-7(14)6(12-9)5-3-16-8(11-5)10-4-13/h3-4H,2H2,1H3,(H,10,11,13). The van der Waals surface area contributed by atoms with Gasteiger partial charge in [-0.1, -0.05) is 0 Å². The van der Waals surface area contributed by atoms with Crippen LogP contribution in [0.3, 0.4) is 0 Å². The van der Waals surface area contributed by atoms with E-state index in [1.807, 2.05) is 0 Å². The van der Waals surface area contributed by atoms with E-state index in [4.69, 9.17) is 5.53 Å². The topological polar surface area (TPSA) is 105 Å². The van der Waals surface area contributed by atoms with Crippen molar-refractivity contribution in [2.24, 2.45) is 0 Å². The molecule has 0 aliphatic carbocycles. The van der Waals surface area contributed by atoms with Crippen LogP contribution in [0, 0.1) is 0 Å². The molecule has 1 rings (SSSR count). The number of aromatic nitrogens is 1. The number of anilines is 1. The fourth-order valence-electron chi connectivity index (χ4n) is 0.895. The number of hydrogen-bond donors (Lipinski definition) is 1. The van der Waals surface area contributed by atoms with Crippen LogP contribution in [0.2, 0.25) is 0 Å². The molecular weight excluding hydrogens is 232 g/mol. The van der Waals surface area contributed by atoms with Gasteiger partial charge in [0, 0.05) is 5.38 Å². The second-order valence-electron chi connectivity index (χ2n) is 2.47. The van der Waals surface area contributed by atoms with Crippen molar-refractivity contribution in [2.45, 2.75) is 6.92 Å². The van der Waals surface area contributed by atoms with Crippen LogP contribution in [-0.2, 0) is 14.3 Å². The van der Waals surface area contributed by atoms with Gasteiger partial charge in [0.25, 0.3) is 0 Å². The third-order valence-corrected chi connectivity index (χ3v) is 2.27. The normalized spacial score (nSPS) is 9.06. The maximum Gasteiger partial charge on any atom is 0.425 e. The van der Waals surface area contributed by atoms with Crippen LogP contribution in [0.1, 0.15) is 12.6 Å². The third-order valence-electron chi connectivity index (χ3n) is 1.50. The zero-order valence-corrected chi connectivity index (χ0v) is 9.15. The van der Waals surface area contributed by atoms with Crippen molar-refractivity contribution in [2.75, 3.05) is 11.9 Å². The minimum absolute atomic E-state index is 0.148. The summed E-state index contributed by atoms with van der Waals surface area (Å²) in [5, 5.41) is 4.09. The van der Waals surface area contributed by atoms with Crippen molar-refractivity contribution in [3.8, 4) is 0 Å². The maximum atomic E-state index is 11.3. The Kier molecular flexibility index (Phi) is 4.31. The molecule has 0 saturated carbocycles. The number of carbonyl (C=O) groups excluding carboxylic acids is 2. The van der Waals surface area contributed by atoms with Gasteiger partial charge >= 0.3 is 11.7 Å². The predicted molar refractivity (Wildman–Crippen MR) is 56.2 cm³/mol. The molecule has 1 N–H and O–H groups in total. The fraction of sp³-hybridized carbons (Fsp3) is 0.250. The van der Waals surface area contributed by atoms with Crippen LogP contribution >= 0.6 is 11.3 Å². The SMILES string of the molecule is CCOC(=O)C(=[N+]=[N-])c1csc(NC=O)n1. The Labute approximate surface area is 94.7 Å². The maximum absolute atomic E-state index is 11.3. The number of rotatable bonds is 5. The van der Waals surface area contributed by atoms with Crippen molar-refractivity contribution in [3.63, 3.8) is 0 Å². The summed E-state index contributed by atoms with van der Waals surface area (Å²) in [6.07, 6.45) is 0.461. The van der Waals surface area contributed by atoms with E-state index in [-0.39, 0.29) is 18.0 Å². The van der Waals surface area contributed by atoms with Gasteiger partial charge in [-0.25, -0.2) is 9.78 Å². The van der Waals surface area contributed by atoms with Crippen LogP contribution in [0.15, 0.2) is 5.38 Å². The summed E-state index contributed by atoms with van der Waals surface area (Å²) in [6.45, 7) is 1.80. The molecule has 0 saturated heterocycles. The van der Waals surface area contributed by atoms with Crippen LogP contribution in [0.4, 0.5) is 5.13 Å². The molecule has 1 heterocycles. The minimum atomic E-state index is -0.770. The summed E-state index contributed by atoms with van der Waals surface area (Å²) in [6, 6.07) is 0. The lowest BCUT2D eigenvalue weighted by Gasteiger charge is -1.94. The highest BCUT2D eigenvalue weighted by Gasteiger charge is 2.27. The number of amides is 1. The molecule has 0 unspecified atom stereocenters. The van der Waals surface area contributed by atoms with Gasteiger partial charge in [0.05, 0.1) is 6.61 Å². The van der Waals surface area contributed by atoms with Gasteiger partial charge in [0.15, 0.2) is 10.8 Å². The Morgan fingerprint density at radius 1 is 1.81 bits per heavy atom. The molecular formula is C8H8N4O3S. The molecule has 16 heavy (non-hydrogen) atoms. The lowest BCUT2D eigenvalue weighted by Crippen LogP contribution is -2.20. The zero-order chi connectivity index (χ0) is 12.0. The Bertz CT molecular complexity index is 450. The largest absolute Gasteiger partial charge is 0.457 e. The fourth-order valence-corrected chi connectivity index (χ4v) is 1.55. The van der Waals surface area contributed by atoms with Crippen molar-refractivity contribution in [1.82, 2.24) is 4.98 Å². The molecule has 0 aromatic carbocycles. The molecule has 0 bridgehead atoms. The molecule has 0 fully saturated rings. The highest BCUT2D eigenvalue weighted by Crippen LogP contribution is 2.14. The van der Waals surface area contributed by atoms with Crippen molar-refractivity contribution >= 4 is 34.6 Å². The monoisotopic (exact) mass is 240 g/mol. The van der Waals surface area contributed by atoms with E-state index in [0.29, 0.717) is 11.5 Å². The molecule has 0 atom stereocenters. The van der Waals surface area contributed by atoms with Gasteiger partial charge in [-0.3, -0.25) is 4.79 Å². The number of esters is 1. The first kappa shape index (κ1) is 12.0. The molecule has 1 amide bonds. The summed E-state index contributed by atoms with van der Waals surface area (Å²) in [7, 11) is 0. The van der Waals surface area contributed by atoms with Crippen LogP contribution in [0.5, 0.6) is 0 Å². The van der Waals surface area contributed by atoms with Gasteiger partial charge < -0.3 is 15.6 Å². The molecule has 1 aromatic rings. The first-order valence-corrected chi connectivity index (χ1v) is 5.16. The average Bonchev–Trinajstić information content (AvgIpc) is 2.68. The lowest BCUT2D eigenvalue weighted by molar-refractivity contribution is -0.139. The Hall–Kier alpha value is -2.05. The van der Waals surface area contributed by atoms with E-state index in [1.54, 1.807) is 6.92 Å².